The molecule has 1 aliphatic rings. The van der Waals surface area contributed by atoms with Crippen LogP contribution in [0.2, 0.25) is 0 Å². The maximum Gasteiger partial charge on any atom is 0.407 e. The van der Waals surface area contributed by atoms with Gasteiger partial charge in [-0.05, 0) is 5.56 Å². The van der Waals surface area contributed by atoms with Gasteiger partial charge in [0.2, 0.25) is 0 Å². The minimum atomic E-state index is -3.27. The molecule has 0 spiro atoms. The molecule has 0 heterocycles. The van der Waals surface area contributed by atoms with Crippen molar-refractivity contribution in [3.05, 3.63) is 35.9 Å². The number of carboxylic acid groups (broad SMARTS) is 1. The molecule has 1 aliphatic carbocycles. The van der Waals surface area contributed by atoms with Crippen LogP contribution in [0.15, 0.2) is 30.3 Å². The lowest BCUT2D eigenvalue weighted by Gasteiger charge is -2.06. The van der Waals surface area contributed by atoms with Crippen molar-refractivity contribution in [1.82, 2.24) is 5.32 Å². The third kappa shape index (κ3) is 3.04. The fourth-order valence-corrected chi connectivity index (χ4v) is 1.95. The van der Waals surface area contributed by atoms with Gasteiger partial charge >= 0.3 is 12.1 Å². The zero-order chi connectivity index (χ0) is 14.8. The molecular weight excluding hydrogens is 272 g/mol. The first-order valence-electron chi connectivity index (χ1n) is 5.98. The number of carboxylic acids is 1. The van der Waals surface area contributed by atoms with Gasteiger partial charge in [0.15, 0.2) is 0 Å². The van der Waals surface area contributed by atoms with E-state index in [-0.39, 0.29) is 6.61 Å². The van der Waals surface area contributed by atoms with E-state index in [0.29, 0.717) is 0 Å². The summed E-state index contributed by atoms with van der Waals surface area (Å²) in [5.74, 6) is -7.92. The molecule has 20 heavy (non-hydrogen) atoms. The van der Waals surface area contributed by atoms with Crippen LogP contribution < -0.4 is 5.32 Å². The smallest absolute Gasteiger partial charge is 0.407 e. The summed E-state index contributed by atoms with van der Waals surface area (Å²) >= 11 is 0. The first-order chi connectivity index (χ1) is 9.43. The van der Waals surface area contributed by atoms with Gasteiger partial charge in [-0.15, -0.1) is 0 Å². The summed E-state index contributed by atoms with van der Waals surface area (Å²) in [5.41, 5.74) is 0.766. The van der Waals surface area contributed by atoms with Crippen molar-refractivity contribution in [3.63, 3.8) is 0 Å². The van der Waals surface area contributed by atoms with E-state index < -0.39 is 36.4 Å². The van der Waals surface area contributed by atoms with Crippen LogP contribution >= 0.6 is 0 Å². The van der Waals surface area contributed by atoms with Crippen LogP contribution in [0.3, 0.4) is 0 Å². The number of alkyl carbamates (subject to hydrolysis) is 1. The molecule has 5 nitrogen and oxygen atoms in total. The number of amides is 1. The highest BCUT2D eigenvalue weighted by molar-refractivity contribution is 5.76. The molecule has 0 aromatic heterocycles. The fraction of sp³-hybridized carbons (Fsp3) is 0.385. The minimum absolute atomic E-state index is 0.0239. The summed E-state index contributed by atoms with van der Waals surface area (Å²) in [6.07, 6.45) is -0.847. The number of carbonyl (C=O) groups is 2. The normalized spacial score (nSPS) is 22.9. The van der Waals surface area contributed by atoms with Gasteiger partial charge < -0.3 is 15.2 Å². The van der Waals surface area contributed by atoms with Crippen molar-refractivity contribution in [1.29, 1.82) is 0 Å². The number of alkyl halides is 2. The molecule has 1 amide bonds. The van der Waals surface area contributed by atoms with Crippen molar-refractivity contribution in [3.8, 4) is 0 Å². The van der Waals surface area contributed by atoms with E-state index in [1.54, 1.807) is 24.3 Å². The van der Waals surface area contributed by atoms with Crippen molar-refractivity contribution >= 4 is 12.1 Å². The lowest BCUT2D eigenvalue weighted by atomic mass is 10.2. The first-order valence-corrected chi connectivity index (χ1v) is 5.98. The van der Waals surface area contributed by atoms with E-state index in [0.717, 1.165) is 5.56 Å². The van der Waals surface area contributed by atoms with Crippen LogP contribution in [0.25, 0.3) is 0 Å². The first kappa shape index (κ1) is 14.2. The Bertz CT molecular complexity index is 506. The summed E-state index contributed by atoms with van der Waals surface area (Å²) in [6, 6.07) is 8.87. The van der Waals surface area contributed by atoms with Crippen LogP contribution in [-0.4, -0.2) is 29.6 Å². The summed E-state index contributed by atoms with van der Waals surface area (Å²) in [5, 5.41) is 10.7. The Balaban J connectivity index is 1.73. The molecular formula is C13H13F2NO4. The highest BCUT2D eigenvalue weighted by Crippen LogP contribution is 2.54. The Morgan fingerprint density at radius 3 is 2.50 bits per heavy atom. The van der Waals surface area contributed by atoms with Crippen molar-refractivity contribution in [2.24, 2.45) is 11.8 Å². The number of carbonyl (C=O) groups excluding carboxylic acids is 1. The van der Waals surface area contributed by atoms with E-state index in [2.05, 4.69) is 5.32 Å². The standard InChI is InChI=1S/C13H13F2NO4/c14-13(15)9(10(13)11(17)18)6-16-12(19)20-7-8-4-2-1-3-5-8/h1-5,9-10H,6-7H2,(H,16,19)(H,17,18)/t9-,10+/m1/s1. The third-order valence-corrected chi connectivity index (χ3v) is 3.15. The van der Waals surface area contributed by atoms with Gasteiger partial charge in [0.05, 0.1) is 5.92 Å². The SMILES string of the molecule is O=C(NC[C@@H]1[C@@H](C(=O)O)C1(F)F)OCc1ccccc1. The zero-order valence-corrected chi connectivity index (χ0v) is 10.4. The van der Waals surface area contributed by atoms with Crippen LogP contribution in [-0.2, 0) is 16.1 Å². The second-order valence-electron chi connectivity index (χ2n) is 4.54. The number of hydrogen-bond donors (Lipinski definition) is 2. The van der Waals surface area contributed by atoms with E-state index in [1.165, 1.54) is 0 Å². The average Bonchev–Trinajstić information content (AvgIpc) is 2.97. The fourth-order valence-electron chi connectivity index (χ4n) is 1.95. The predicted molar refractivity (Wildman–Crippen MR) is 64.2 cm³/mol. The summed E-state index contributed by atoms with van der Waals surface area (Å²) in [6.45, 7) is -0.395. The largest absolute Gasteiger partial charge is 0.481 e. The zero-order valence-electron chi connectivity index (χ0n) is 10.4. The Kier molecular flexibility index (Phi) is 3.87. The molecule has 1 fully saturated rings. The number of ether oxygens (including phenoxy) is 1. The van der Waals surface area contributed by atoms with Gasteiger partial charge in [0.25, 0.3) is 5.92 Å². The van der Waals surface area contributed by atoms with Gasteiger partial charge in [-0.3, -0.25) is 4.79 Å². The van der Waals surface area contributed by atoms with Gasteiger partial charge in [0.1, 0.15) is 12.5 Å². The molecule has 108 valence electrons. The predicted octanol–water partition coefficient (Wildman–Crippen LogP) is 1.88. The van der Waals surface area contributed by atoms with E-state index in [9.17, 15) is 18.4 Å². The molecule has 7 heteroatoms. The van der Waals surface area contributed by atoms with Crippen LogP contribution in [0.1, 0.15) is 5.56 Å². The van der Waals surface area contributed by atoms with Gasteiger partial charge in [-0.1, -0.05) is 30.3 Å². The van der Waals surface area contributed by atoms with Crippen LogP contribution in [0.5, 0.6) is 0 Å². The summed E-state index contributed by atoms with van der Waals surface area (Å²) < 4.78 is 30.9. The number of nitrogens with one attached hydrogen (secondary N) is 1. The highest BCUT2D eigenvalue weighted by atomic mass is 19.3. The number of hydrogen-bond acceptors (Lipinski definition) is 3. The maximum absolute atomic E-state index is 13.0. The molecule has 1 aromatic carbocycles. The molecule has 0 aliphatic heterocycles. The molecule has 1 aromatic rings. The van der Waals surface area contributed by atoms with Crippen LogP contribution in [0.4, 0.5) is 13.6 Å². The number of rotatable bonds is 5. The number of halogens is 2. The lowest BCUT2D eigenvalue weighted by Crippen LogP contribution is -2.27. The molecule has 0 bridgehead atoms. The van der Waals surface area contributed by atoms with Crippen LogP contribution in [0, 0.1) is 11.8 Å². The van der Waals surface area contributed by atoms with Crippen molar-refractivity contribution in [2.75, 3.05) is 6.54 Å². The quantitative estimate of drug-likeness (QED) is 0.866. The molecule has 2 N–H and O–H groups in total. The minimum Gasteiger partial charge on any atom is -0.481 e. The van der Waals surface area contributed by atoms with Crippen molar-refractivity contribution < 1.29 is 28.2 Å². The maximum atomic E-state index is 13.0. The highest BCUT2D eigenvalue weighted by Gasteiger charge is 2.72. The third-order valence-electron chi connectivity index (χ3n) is 3.15. The average molecular weight is 285 g/mol. The van der Waals surface area contributed by atoms with E-state index in [1.807, 2.05) is 6.07 Å². The molecule has 0 radical (unpaired) electrons. The van der Waals surface area contributed by atoms with E-state index >= 15 is 0 Å². The Labute approximate surface area is 113 Å². The monoisotopic (exact) mass is 285 g/mol. The van der Waals surface area contributed by atoms with Gasteiger partial charge in [-0.2, -0.15) is 0 Å². The van der Waals surface area contributed by atoms with E-state index in [4.69, 9.17) is 9.84 Å². The molecule has 2 rings (SSSR count). The lowest BCUT2D eigenvalue weighted by molar-refractivity contribution is -0.140. The Morgan fingerprint density at radius 2 is 1.95 bits per heavy atom. The number of benzene rings is 1. The van der Waals surface area contributed by atoms with Gasteiger partial charge in [-0.25, -0.2) is 13.6 Å². The topological polar surface area (TPSA) is 75.6 Å². The molecule has 0 unspecified atom stereocenters. The summed E-state index contributed by atoms with van der Waals surface area (Å²) in [7, 11) is 0. The summed E-state index contributed by atoms with van der Waals surface area (Å²) in [4.78, 5) is 21.8. The number of aliphatic carboxylic acids is 1. The Morgan fingerprint density at radius 1 is 1.30 bits per heavy atom. The van der Waals surface area contributed by atoms with Gasteiger partial charge in [0, 0.05) is 6.54 Å². The Hall–Kier alpha value is -2.18. The molecule has 0 saturated heterocycles. The second kappa shape index (κ2) is 5.44. The van der Waals surface area contributed by atoms with Crippen molar-refractivity contribution in [2.45, 2.75) is 12.5 Å². The molecule has 1 saturated carbocycles. The molecule has 2 atom stereocenters. The second-order valence-corrected chi connectivity index (χ2v) is 4.54.